The van der Waals surface area contributed by atoms with Gasteiger partial charge in [-0.15, -0.1) is 22.7 Å². The van der Waals surface area contributed by atoms with E-state index >= 15 is 0 Å². The zero-order valence-electron chi connectivity index (χ0n) is 16.6. The zero-order valence-corrected chi connectivity index (χ0v) is 19.0. The van der Waals surface area contributed by atoms with E-state index in [2.05, 4.69) is 12.2 Å². The molecule has 0 saturated carbocycles. The molecule has 28 heavy (non-hydrogen) atoms. The second-order valence-corrected chi connectivity index (χ2v) is 9.89. The summed E-state index contributed by atoms with van der Waals surface area (Å²) in [6.45, 7) is 8.70. The minimum atomic E-state index is -0.0548. The number of hydrogen-bond acceptors (Lipinski definition) is 6. The largest absolute Gasteiger partial charge is 0.348 e. The Morgan fingerprint density at radius 3 is 2.86 bits per heavy atom. The highest BCUT2D eigenvalue weighted by Crippen LogP contribution is 2.28. The number of thioether (sulfide) groups is 1. The average Bonchev–Trinajstić information content (AvgIpc) is 3.28. The fraction of sp³-hybridized carbons (Fsp3) is 0.450. The topological polar surface area (TPSA) is 64.0 Å². The number of aromatic nitrogens is 2. The molecular weight excluding hydrogens is 410 g/mol. The Kier molecular flexibility index (Phi) is 6.95. The summed E-state index contributed by atoms with van der Waals surface area (Å²) in [6.07, 6.45) is 1.90. The summed E-state index contributed by atoms with van der Waals surface area (Å²) >= 11 is 4.51. The SMILES string of the molecule is CCCCn1c(SCC(=O)NC(C)c2cccs2)nc2sc(C)c(C)c2c1=O. The summed E-state index contributed by atoms with van der Waals surface area (Å²) in [4.78, 5) is 33.2. The summed E-state index contributed by atoms with van der Waals surface area (Å²) in [5.41, 5.74) is 1.02. The number of unbranched alkanes of at least 4 members (excludes halogenated alkanes) is 1. The molecule has 0 saturated heterocycles. The van der Waals surface area contributed by atoms with Crippen molar-refractivity contribution in [3.05, 3.63) is 43.2 Å². The van der Waals surface area contributed by atoms with Gasteiger partial charge in [-0.05, 0) is 44.2 Å². The Hall–Kier alpha value is -1.64. The van der Waals surface area contributed by atoms with Crippen molar-refractivity contribution in [3.8, 4) is 0 Å². The average molecular weight is 436 g/mol. The van der Waals surface area contributed by atoms with E-state index in [9.17, 15) is 9.59 Å². The monoisotopic (exact) mass is 435 g/mol. The highest BCUT2D eigenvalue weighted by Gasteiger charge is 2.18. The molecule has 1 atom stereocenters. The highest BCUT2D eigenvalue weighted by atomic mass is 32.2. The summed E-state index contributed by atoms with van der Waals surface area (Å²) in [6, 6.07) is 3.98. The maximum atomic E-state index is 13.1. The Balaban J connectivity index is 1.81. The van der Waals surface area contributed by atoms with E-state index in [4.69, 9.17) is 4.98 Å². The molecule has 5 nitrogen and oxygen atoms in total. The number of hydrogen-bond donors (Lipinski definition) is 1. The van der Waals surface area contributed by atoms with Gasteiger partial charge in [0, 0.05) is 16.3 Å². The second-order valence-electron chi connectivity index (χ2n) is 6.76. The predicted octanol–water partition coefficient (Wildman–Crippen LogP) is 4.91. The van der Waals surface area contributed by atoms with E-state index in [0.29, 0.717) is 11.7 Å². The van der Waals surface area contributed by atoms with E-state index in [0.717, 1.165) is 38.4 Å². The van der Waals surface area contributed by atoms with Gasteiger partial charge in [-0.25, -0.2) is 4.98 Å². The molecule has 1 unspecified atom stereocenters. The third-order valence-electron chi connectivity index (χ3n) is 4.67. The van der Waals surface area contributed by atoms with Crippen LogP contribution in [0.5, 0.6) is 0 Å². The fourth-order valence-electron chi connectivity index (χ4n) is 2.95. The fourth-order valence-corrected chi connectivity index (χ4v) is 5.60. The van der Waals surface area contributed by atoms with Gasteiger partial charge >= 0.3 is 0 Å². The molecule has 0 aliphatic heterocycles. The molecule has 0 bridgehead atoms. The van der Waals surface area contributed by atoms with Crippen LogP contribution in [0.1, 0.15) is 48.0 Å². The van der Waals surface area contributed by atoms with Gasteiger partial charge in [-0.2, -0.15) is 0 Å². The van der Waals surface area contributed by atoms with E-state index in [1.165, 1.54) is 11.8 Å². The van der Waals surface area contributed by atoms with Gasteiger partial charge in [-0.3, -0.25) is 14.2 Å². The number of amides is 1. The first-order valence-corrected chi connectivity index (χ1v) is 12.1. The maximum Gasteiger partial charge on any atom is 0.263 e. The third-order valence-corrected chi connectivity index (χ3v) is 7.80. The number of aryl methyl sites for hydroxylation is 2. The molecule has 0 radical (unpaired) electrons. The van der Waals surface area contributed by atoms with Crippen molar-refractivity contribution < 1.29 is 4.79 Å². The van der Waals surface area contributed by atoms with Crippen LogP contribution in [0, 0.1) is 13.8 Å². The van der Waals surface area contributed by atoms with Crippen molar-refractivity contribution in [1.29, 1.82) is 0 Å². The van der Waals surface area contributed by atoms with Crippen LogP contribution in [-0.2, 0) is 11.3 Å². The minimum absolute atomic E-state index is 0.00941. The molecule has 3 rings (SSSR count). The highest BCUT2D eigenvalue weighted by molar-refractivity contribution is 7.99. The van der Waals surface area contributed by atoms with Crippen LogP contribution in [0.2, 0.25) is 0 Å². The van der Waals surface area contributed by atoms with Crippen molar-refractivity contribution in [3.63, 3.8) is 0 Å². The number of rotatable bonds is 8. The van der Waals surface area contributed by atoms with Gasteiger partial charge in [0.05, 0.1) is 17.2 Å². The lowest BCUT2D eigenvalue weighted by Crippen LogP contribution is -2.28. The van der Waals surface area contributed by atoms with Crippen molar-refractivity contribution >= 4 is 50.6 Å². The molecule has 1 N–H and O–H groups in total. The molecule has 150 valence electrons. The van der Waals surface area contributed by atoms with E-state index in [-0.39, 0.29) is 23.3 Å². The number of thiophene rings is 2. The van der Waals surface area contributed by atoms with Crippen LogP contribution in [0.3, 0.4) is 0 Å². The Morgan fingerprint density at radius 2 is 2.18 bits per heavy atom. The molecule has 3 heterocycles. The molecule has 0 aliphatic rings. The van der Waals surface area contributed by atoms with Gasteiger partial charge in [0.25, 0.3) is 5.56 Å². The lowest BCUT2D eigenvalue weighted by molar-refractivity contribution is -0.119. The summed E-state index contributed by atoms with van der Waals surface area (Å²) < 4.78 is 1.74. The number of nitrogens with one attached hydrogen (secondary N) is 1. The predicted molar refractivity (Wildman–Crippen MR) is 120 cm³/mol. The number of fused-ring (bicyclic) bond motifs is 1. The molecule has 0 spiro atoms. The summed E-state index contributed by atoms with van der Waals surface area (Å²) in [7, 11) is 0. The molecular formula is C20H25N3O2S3. The van der Waals surface area contributed by atoms with E-state index in [1.54, 1.807) is 27.2 Å². The smallest absolute Gasteiger partial charge is 0.263 e. The van der Waals surface area contributed by atoms with Crippen LogP contribution >= 0.6 is 34.4 Å². The van der Waals surface area contributed by atoms with Gasteiger partial charge in [0.1, 0.15) is 4.83 Å². The standard InChI is InChI=1S/C20H25N3O2S3/c1-5-6-9-23-19(25)17-12(2)14(4)28-18(17)22-20(23)27-11-16(24)21-13(3)15-8-7-10-26-15/h7-8,10,13H,5-6,9,11H2,1-4H3,(H,21,24). The van der Waals surface area contributed by atoms with E-state index in [1.807, 2.05) is 38.3 Å². The molecule has 0 aliphatic carbocycles. The molecule has 8 heteroatoms. The van der Waals surface area contributed by atoms with Crippen LogP contribution in [0.4, 0.5) is 0 Å². The van der Waals surface area contributed by atoms with Crippen LogP contribution in [0.25, 0.3) is 10.2 Å². The van der Waals surface area contributed by atoms with Crippen molar-refractivity contribution in [2.24, 2.45) is 0 Å². The molecule has 0 fully saturated rings. The lowest BCUT2D eigenvalue weighted by Gasteiger charge is -2.14. The third kappa shape index (κ3) is 4.50. The van der Waals surface area contributed by atoms with Gasteiger partial charge in [0.2, 0.25) is 5.91 Å². The lowest BCUT2D eigenvalue weighted by atomic mass is 10.2. The quantitative estimate of drug-likeness (QED) is 0.403. The molecule has 0 aromatic carbocycles. The molecule has 3 aromatic rings. The first kappa shape index (κ1) is 21.1. The zero-order chi connectivity index (χ0) is 20.3. The number of carbonyl (C=O) groups excluding carboxylic acids is 1. The van der Waals surface area contributed by atoms with Gasteiger partial charge in [0.15, 0.2) is 5.16 Å². The van der Waals surface area contributed by atoms with Crippen molar-refractivity contribution in [2.75, 3.05) is 5.75 Å². The van der Waals surface area contributed by atoms with Crippen LogP contribution in [0.15, 0.2) is 27.5 Å². The van der Waals surface area contributed by atoms with Crippen molar-refractivity contribution in [1.82, 2.24) is 14.9 Å². The Labute approximate surface area is 177 Å². The van der Waals surface area contributed by atoms with Gasteiger partial charge in [-0.1, -0.05) is 31.2 Å². The Bertz CT molecular complexity index is 1020. The van der Waals surface area contributed by atoms with Gasteiger partial charge < -0.3 is 5.32 Å². The first-order valence-electron chi connectivity index (χ1n) is 9.38. The van der Waals surface area contributed by atoms with Crippen LogP contribution in [-0.4, -0.2) is 21.2 Å². The second kappa shape index (κ2) is 9.24. The maximum absolute atomic E-state index is 13.1. The number of carbonyl (C=O) groups is 1. The summed E-state index contributed by atoms with van der Waals surface area (Å²) in [5, 5.41) is 6.37. The Morgan fingerprint density at radius 1 is 1.39 bits per heavy atom. The molecule has 3 aromatic heterocycles. The first-order chi connectivity index (χ1) is 13.4. The van der Waals surface area contributed by atoms with Crippen molar-refractivity contribution in [2.45, 2.75) is 58.3 Å². The number of nitrogens with zero attached hydrogens (tertiary/aromatic N) is 2. The van der Waals surface area contributed by atoms with Crippen LogP contribution < -0.4 is 10.9 Å². The normalized spacial score (nSPS) is 12.4. The molecule has 1 amide bonds. The minimum Gasteiger partial charge on any atom is -0.348 e. The summed E-state index contributed by atoms with van der Waals surface area (Å²) in [5.74, 6) is 0.184. The van der Waals surface area contributed by atoms with E-state index < -0.39 is 0 Å².